The molecule has 25 heavy (non-hydrogen) atoms. The summed E-state index contributed by atoms with van der Waals surface area (Å²) in [7, 11) is -1.64. The summed E-state index contributed by atoms with van der Waals surface area (Å²) in [6, 6.07) is 8.78. The Hall–Kier alpha value is -1.38. The van der Waals surface area contributed by atoms with E-state index in [2.05, 4.69) is 55.3 Å². The normalized spacial score (nSPS) is 13.5. The van der Waals surface area contributed by atoms with E-state index in [1.807, 2.05) is 0 Å². The lowest BCUT2D eigenvalue weighted by atomic mass is 10.1. The van der Waals surface area contributed by atoms with Gasteiger partial charge in [-0.1, -0.05) is 22.9 Å². The quantitative estimate of drug-likeness (QED) is 0.508. The molecule has 1 unspecified atom stereocenters. The minimum Gasteiger partial charge on any atom is -0.356 e. The molecule has 1 heterocycles. The molecule has 5 nitrogen and oxygen atoms in total. The molecule has 0 saturated heterocycles. The van der Waals surface area contributed by atoms with Crippen LogP contribution in [0, 0.1) is 0 Å². The first-order chi connectivity index (χ1) is 11.9. The van der Waals surface area contributed by atoms with Crippen molar-refractivity contribution in [3.05, 3.63) is 51.1 Å². The third kappa shape index (κ3) is 6.13. The fraction of sp³-hybridized carbons (Fsp3) is 0.353. The van der Waals surface area contributed by atoms with Crippen molar-refractivity contribution in [1.29, 1.82) is 0 Å². The molecule has 0 aliphatic rings. The Morgan fingerprint density at radius 3 is 2.56 bits per heavy atom. The summed E-state index contributed by atoms with van der Waals surface area (Å²) in [6.07, 6.45) is 0. The molecule has 0 saturated carbocycles. The van der Waals surface area contributed by atoms with Crippen LogP contribution in [0.2, 0.25) is 0 Å². The van der Waals surface area contributed by atoms with Gasteiger partial charge in [-0.15, -0.1) is 0 Å². The molecule has 0 fully saturated rings. The zero-order chi connectivity index (χ0) is 18.3. The number of aliphatic imine (C=N–C) groups is 1. The SMILES string of the molecule is CN=C(NCCS(=O)(=O)c1ccc(Br)cc1)NCC(C)c1ccsc1. The number of nitrogens with zero attached hydrogens (tertiary/aromatic N) is 1. The van der Waals surface area contributed by atoms with Crippen molar-refractivity contribution < 1.29 is 8.42 Å². The van der Waals surface area contributed by atoms with Crippen LogP contribution in [0.1, 0.15) is 18.4 Å². The van der Waals surface area contributed by atoms with E-state index in [1.165, 1.54) is 5.56 Å². The summed E-state index contributed by atoms with van der Waals surface area (Å²) in [5, 5.41) is 10.5. The summed E-state index contributed by atoms with van der Waals surface area (Å²) in [5.74, 6) is 0.972. The molecule has 0 spiro atoms. The van der Waals surface area contributed by atoms with Crippen molar-refractivity contribution in [2.45, 2.75) is 17.7 Å². The highest BCUT2D eigenvalue weighted by atomic mass is 79.9. The second-order valence-electron chi connectivity index (χ2n) is 5.61. The fourth-order valence-electron chi connectivity index (χ4n) is 2.21. The number of hydrogen-bond donors (Lipinski definition) is 2. The predicted molar refractivity (Wildman–Crippen MR) is 108 cm³/mol. The Bertz CT molecular complexity index is 788. The highest BCUT2D eigenvalue weighted by molar-refractivity contribution is 9.10. The smallest absolute Gasteiger partial charge is 0.191 e. The summed E-state index contributed by atoms with van der Waals surface area (Å²) in [4.78, 5) is 4.47. The number of sulfone groups is 1. The standard InChI is InChI=1S/C17H22BrN3O2S2/c1-13(14-7-9-24-12-14)11-21-17(19-2)20-8-10-25(22,23)16-5-3-15(18)4-6-16/h3-7,9,12-13H,8,10-11H2,1-2H3,(H2,19,20,21). The van der Waals surface area contributed by atoms with E-state index >= 15 is 0 Å². The van der Waals surface area contributed by atoms with Gasteiger partial charge in [0.05, 0.1) is 10.6 Å². The molecule has 0 aliphatic heterocycles. The summed E-state index contributed by atoms with van der Waals surface area (Å²) in [6.45, 7) is 3.17. The number of guanidine groups is 1. The molecule has 136 valence electrons. The molecule has 0 aliphatic carbocycles. The van der Waals surface area contributed by atoms with E-state index in [0.717, 1.165) is 11.0 Å². The summed E-state index contributed by atoms with van der Waals surface area (Å²) >= 11 is 4.99. The molecule has 0 bridgehead atoms. The molecular weight excluding hydrogens is 422 g/mol. The van der Waals surface area contributed by atoms with Crippen molar-refractivity contribution >= 4 is 43.1 Å². The summed E-state index contributed by atoms with van der Waals surface area (Å²) in [5.41, 5.74) is 1.28. The Kier molecular flexibility index (Phi) is 7.46. The third-order valence-electron chi connectivity index (χ3n) is 3.75. The highest BCUT2D eigenvalue weighted by Crippen LogP contribution is 2.17. The van der Waals surface area contributed by atoms with Gasteiger partial charge in [0.15, 0.2) is 15.8 Å². The zero-order valence-corrected chi connectivity index (χ0v) is 17.4. The van der Waals surface area contributed by atoms with Gasteiger partial charge in [-0.05, 0) is 52.6 Å². The molecule has 8 heteroatoms. The van der Waals surface area contributed by atoms with Crippen molar-refractivity contribution in [3.63, 3.8) is 0 Å². The van der Waals surface area contributed by atoms with E-state index in [4.69, 9.17) is 0 Å². The lowest BCUT2D eigenvalue weighted by Crippen LogP contribution is -2.41. The van der Waals surface area contributed by atoms with Gasteiger partial charge in [-0.2, -0.15) is 11.3 Å². The number of rotatable bonds is 7. The van der Waals surface area contributed by atoms with Gasteiger partial charge >= 0.3 is 0 Å². The number of hydrogen-bond acceptors (Lipinski definition) is 4. The van der Waals surface area contributed by atoms with Crippen LogP contribution >= 0.6 is 27.3 Å². The maximum Gasteiger partial charge on any atom is 0.191 e. The Morgan fingerprint density at radius 1 is 1.24 bits per heavy atom. The first-order valence-corrected chi connectivity index (χ1v) is 11.3. The van der Waals surface area contributed by atoms with Gasteiger partial charge < -0.3 is 10.6 Å². The van der Waals surface area contributed by atoms with Gasteiger partial charge in [-0.25, -0.2) is 8.42 Å². The fourth-order valence-corrected chi connectivity index (χ4v) is 4.41. The number of halogens is 1. The molecule has 0 amide bonds. The monoisotopic (exact) mass is 443 g/mol. The van der Waals surface area contributed by atoms with Crippen LogP contribution in [-0.2, 0) is 9.84 Å². The summed E-state index contributed by atoms with van der Waals surface area (Å²) < 4.78 is 25.5. The Morgan fingerprint density at radius 2 is 1.96 bits per heavy atom. The average Bonchev–Trinajstić information content (AvgIpc) is 3.12. The van der Waals surface area contributed by atoms with Gasteiger partial charge in [0.25, 0.3) is 0 Å². The van der Waals surface area contributed by atoms with Crippen LogP contribution in [0.25, 0.3) is 0 Å². The molecule has 1 atom stereocenters. The van der Waals surface area contributed by atoms with E-state index in [9.17, 15) is 8.42 Å². The maximum absolute atomic E-state index is 12.3. The molecule has 2 rings (SSSR count). The molecule has 2 N–H and O–H groups in total. The number of benzene rings is 1. The van der Waals surface area contributed by atoms with E-state index in [-0.39, 0.29) is 5.75 Å². The number of thiophene rings is 1. The van der Waals surface area contributed by atoms with Crippen LogP contribution < -0.4 is 10.6 Å². The molecule has 1 aromatic carbocycles. The van der Waals surface area contributed by atoms with E-state index in [0.29, 0.717) is 23.3 Å². The first kappa shape index (κ1) is 19.9. The second-order valence-corrected chi connectivity index (χ2v) is 9.42. The number of nitrogens with one attached hydrogen (secondary N) is 2. The lowest BCUT2D eigenvalue weighted by molar-refractivity contribution is 0.594. The van der Waals surface area contributed by atoms with Crippen LogP contribution in [0.5, 0.6) is 0 Å². The highest BCUT2D eigenvalue weighted by Gasteiger charge is 2.14. The minimum atomic E-state index is -3.31. The largest absolute Gasteiger partial charge is 0.356 e. The second kappa shape index (κ2) is 9.35. The molecule has 1 aromatic heterocycles. The maximum atomic E-state index is 12.3. The van der Waals surface area contributed by atoms with Crippen molar-refractivity contribution in [2.24, 2.45) is 4.99 Å². The Labute approximate surface area is 161 Å². The van der Waals surface area contributed by atoms with Crippen LogP contribution in [0.15, 0.2) is 55.5 Å². The van der Waals surface area contributed by atoms with Crippen molar-refractivity contribution in [1.82, 2.24) is 10.6 Å². The van der Waals surface area contributed by atoms with E-state index in [1.54, 1.807) is 42.6 Å². The topological polar surface area (TPSA) is 70.6 Å². The van der Waals surface area contributed by atoms with E-state index < -0.39 is 9.84 Å². The van der Waals surface area contributed by atoms with Gasteiger partial charge in [0.1, 0.15) is 0 Å². The van der Waals surface area contributed by atoms with Gasteiger partial charge in [0, 0.05) is 24.6 Å². The van der Waals surface area contributed by atoms with Gasteiger partial charge in [0.2, 0.25) is 0 Å². The van der Waals surface area contributed by atoms with Crippen molar-refractivity contribution in [2.75, 3.05) is 25.9 Å². The minimum absolute atomic E-state index is 0.00934. The average molecular weight is 444 g/mol. The van der Waals surface area contributed by atoms with Crippen LogP contribution in [0.3, 0.4) is 0 Å². The van der Waals surface area contributed by atoms with Gasteiger partial charge in [-0.3, -0.25) is 4.99 Å². The lowest BCUT2D eigenvalue weighted by Gasteiger charge is -2.15. The van der Waals surface area contributed by atoms with Crippen molar-refractivity contribution in [3.8, 4) is 0 Å². The van der Waals surface area contributed by atoms with Crippen LogP contribution in [0.4, 0.5) is 0 Å². The first-order valence-electron chi connectivity index (χ1n) is 7.87. The zero-order valence-electron chi connectivity index (χ0n) is 14.2. The molecule has 2 aromatic rings. The molecule has 0 radical (unpaired) electrons. The van der Waals surface area contributed by atoms with Crippen LogP contribution in [-0.4, -0.2) is 40.3 Å². The predicted octanol–water partition coefficient (Wildman–Crippen LogP) is 3.25. The Balaban J connectivity index is 1.81. The molecular formula is C17H22BrN3O2S2. The third-order valence-corrected chi connectivity index (χ3v) is 6.71.